The van der Waals surface area contributed by atoms with Gasteiger partial charge in [-0.3, -0.25) is 4.79 Å². The number of carbonyl (C=O) groups excluding carboxylic acids is 1. The summed E-state index contributed by atoms with van der Waals surface area (Å²) in [6.07, 6.45) is 0.911. The molecule has 0 saturated carbocycles. The molecule has 1 aromatic carbocycles. The van der Waals surface area contributed by atoms with E-state index in [0.717, 1.165) is 19.5 Å². The lowest BCUT2D eigenvalue weighted by atomic mass is 9.99. The number of nitrogens with one attached hydrogen (secondary N) is 2. The van der Waals surface area contributed by atoms with Crippen LogP contribution in [0.25, 0.3) is 0 Å². The fraction of sp³-hybridized carbons (Fsp3) is 0.467. The van der Waals surface area contributed by atoms with Gasteiger partial charge in [0.1, 0.15) is 0 Å². The summed E-state index contributed by atoms with van der Waals surface area (Å²) >= 11 is 0. The van der Waals surface area contributed by atoms with E-state index in [-0.39, 0.29) is 12.6 Å². The first-order valence-corrected chi connectivity index (χ1v) is 7.19. The minimum absolute atomic E-state index is 0.0993. The predicted octanol–water partition coefficient (Wildman–Crippen LogP) is 0.860. The summed E-state index contributed by atoms with van der Waals surface area (Å²) in [6, 6.07) is 8.77. The lowest BCUT2D eigenvalue weighted by Gasteiger charge is -2.22. The van der Waals surface area contributed by atoms with E-state index in [2.05, 4.69) is 10.6 Å². The monoisotopic (exact) mass is 291 g/mol. The van der Waals surface area contributed by atoms with Crippen molar-refractivity contribution in [1.29, 1.82) is 0 Å². The van der Waals surface area contributed by atoms with E-state index in [4.69, 9.17) is 0 Å². The van der Waals surface area contributed by atoms with Crippen LogP contribution in [0.4, 0.5) is 4.79 Å². The maximum atomic E-state index is 12.1. The van der Waals surface area contributed by atoms with Crippen molar-refractivity contribution < 1.29 is 14.7 Å². The summed E-state index contributed by atoms with van der Waals surface area (Å²) in [7, 11) is 0. The van der Waals surface area contributed by atoms with E-state index >= 15 is 0 Å². The number of carboxylic acid groups (broad SMARTS) is 1. The normalized spacial score (nSPS) is 16.9. The Morgan fingerprint density at radius 2 is 2.00 bits per heavy atom. The Morgan fingerprint density at radius 3 is 2.71 bits per heavy atom. The smallest absolute Gasteiger partial charge is 0.317 e. The van der Waals surface area contributed by atoms with Gasteiger partial charge >= 0.3 is 12.0 Å². The van der Waals surface area contributed by atoms with E-state index in [1.807, 2.05) is 6.07 Å². The van der Waals surface area contributed by atoms with Crippen molar-refractivity contribution in [2.24, 2.45) is 0 Å². The van der Waals surface area contributed by atoms with Gasteiger partial charge < -0.3 is 20.6 Å². The zero-order valence-electron chi connectivity index (χ0n) is 11.9. The lowest BCUT2D eigenvalue weighted by molar-refractivity contribution is -0.138. The highest BCUT2D eigenvalue weighted by Crippen LogP contribution is 2.14. The topological polar surface area (TPSA) is 81.7 Å². The molecule has 1 aliphatic heterocycles. The number of hydrogen-bond acceptors (Lipinski definition) is 3. The molecule has 1 unspecified atom stereocenters. The zero-order chi connectivity index (χ0) is 15.1. The molecule has 1 saturated heterocycles. The molecule has 1 aromatic rings. The minimum atomic E-state index is -0.931. The number of aliphatic carboxylic acids is 1. The number of amides is 2. The molecular formula is C15H21N3O3. The zero-order valence-corrected chi connectivity index (χ0v) is 11.9. The molecule has 0 radical (unpaired) electrons. The van der Waals surface area contributed by atoms with E-state index < -0.39 is 11.9 Å². The SMILES string of the molecule is O=C(O)C(CNC(=O)N1CCCNCC1)c1ccccc1. The summed E-state index contributed by atoms with van der Waals surface area (Å²) in [5, 5.41) is 15.3. The third-order valence-corrected chi connectivity index (χ3v) is 3.58. The van der Waals surface area contributed by atoms with Crippen molar-refractivity contribution in [3.8, 4) is 0 Å². The third kappa shape index (κ3) is 4.46. The largest absolute Gasteiger partial charge is 0.481 e. The van der Waals surface area contributed by atoms with Gasteiger partial charge in [0.15, 0.2) is 0 Å². The molecule has 0 bridgehead atoms. The highest BCUT2D eigenvalue weighted by Gasteiger charge is 2.22. The van der Waals surface area contributed by atoms with Crippen molar-refractivity contribution in [3.63, 3.8) is 0 Å². The Hall–Kier alpha value is -2.08. The van der Waals surface area contributed by atoms with Gasteiger partial charge in [0.05, 0.1) is 5.92 Å². The molecule has 1 heterocycles. The Bertz CT molecular complexity index is 470. The first-order chi connectivity index (χ1) is 10.2. The second-order valence-electron chi connectivity index (χ2n) is 5.08. The average Bonchev–Trinajstić information content (AvgIpc) is 2.77. The molecule has 0 aromatic heterocycles. The van der Waals surface area contributed by atoms with Crippen LogP contribution in [-0.2, 0) is 4.79 Å². The maximum absolute atomic E-state index is 12.1. The summed E-state index contributed by atoms with van der Waals surface area (Å²) in [5.74, 6) is -1.65. The predicted molar refractivity (Wildman–Crippen MR) is 79.3 cm³/mol. The van der Waals surface area contributed by atoms with Crippen LogP contribution in [0.2, 0.25) is 0 Å². The van der Waals surface area contributed by atoms with Crippen LogP contribution in [-0.4, -0.2) is 54.7 Å². The summed E-state index contributed by atoms with van der Waals surface area (Å²) < 4.78 is 0. The molecule has 1 fully saturated rings. The van der Waals surface area contributed by atoms with Gasteiger partial charge in [-0.1, -0.05) is 30.3 Å². The highest BCUT2D eigenvalue weighted by atomic mass is 16.4. The van der Waals surface area contributed by atoms with Crippen LogP contribution < -0.4 is 10.6 Å². The van der Waals surface area contributed by atoms with Gasteiger partial charge in [-0.15, -0.1) is 0 Å². The molecule has 114 valence electrons. The molecular weight excluding hydrogens is 270 g/mol. The number of carbonyl (C=O) groups is 2. The number of nitrogens with zero attached hydrogens (tertiary/aromatic N) is 1. The van der Waals surface area contributed by atoms with Crippen LogP contribution >= 0.6 is 0 Å². The molecule has 1 atom stereocenters. The minimum Gasteiger partial charge on any atom is -0.481 e. The molecule has 0 spiro atoms. The first kappa shape index (κ1) is 15.3. The van der Waals surface area contributed by atoms with Crippen molar-refractivity contribution in [2.75, 3.05) is 32.7 Å². The summed E-state index contributed by atoms with van der Waals surface area (Å²) in [4.78, 5) is 25.2. The van der Waals surface area contributed by atoms with Gasteiger partial charge in [-0.05, 0) is 18.5 Å². The van der Waals surface area contributed by atoms with E-state index in [1.54, 1.807) is 29.2 Å². The quantitative estimate of drug-likeness (QED) is 0.768. The number of urea groups is 1. The first-order valence-electron chi connectivity index (χ1n) is 7.19. The Morgan fingerprint density at radius 1 is 1.24 bits per heavy atom. The van der Waals surface area contributed by atoms with E-state index in [0.29, 0.717) is 18.7 Å². The van der Waals surface area contributed by atoms with Crippen LogP contribution in [0.1, 0.15) is 17.9 Å². The maximum Gasteiger partial charge on any atom is 0.317 e. The molecule has 2 amide bonds. The van der Waals surface area contributed by atoms with Crippen LogP contribution in [0.5, 0.6) is 0 Å². The van der Waals surface area contributed by atoms with Crippen LogP contribution in [0.15, 0.2) is 30.3 Å². The average molecular weight is 291 g/mol. The number of benzene rings is 1. The van der Waals surface area contributed by atoms with Crippen molar-refractivity contribution in [1.82, 2.24) is 15.5 Å². The molecule has 2 rings (SSSR count). The van der Waals surface area contributed by atoms with Crippen molar-refractivity contribution in [2.45, 2.75) is 12.3 Å². The molecule has 1 aliphatic rings. The number of hydrogen-bond donors (Lipinski definition) is 3. The molecule has 0 aliphatic carbocycles. The highest BCUT2D eigenvalue weighted by molar-refractivity contribution is 5.79. The Balaban J connectivity index is 1.92. The van der Waals surface area contributed by atoms with Crippen molar-refractivity contribution in [3.05, 3.63) is 35.9 Å². The van der Waals surface area contributed by atoms with Gasteiger partial charge in [0.25, 0.3) is 0 Å². The second-order valence-corrected chi connectivity index (χ2v) is 5.08. The number of rotatable bonds is 4. The van der Waals surface area contributed by atoms with Gasteiger partial charge in [-0.25, -0.2) is 4.79 Å². The molecule has 6 heteroatoms. The fourth-order valence-corrected chi connectivity index (χ4v) is 2.38. The Labute approximate surface area is 124 Å². The number of carboxylic acids is 1. The standard InChI is InChI=1S/C15H21N3O3/c19-14(20)13(12-5-2-1-3-6-12)11-17-15(21)18-9-4-7-16-8-10-18/h1-3,5-6,13,16H,4,7-11H2,(H,17,21)(H,19,20). The Kier molecular flexibility index (Phi) is 5.57. The molecule has 21 heavy (non-hydrogen) atoms. The van der Waals surface area contributed by atoms with Gasteiger partial charge in [0.2, 0.25) is 0 Å². The van der Waals surface area contributed by atoms with Crippen LogP contribution in [0, 0.1) is 0 Å². The van der Waals surface area contributed by atoms with E-state index in [9.17, 15) is 14.7 Å². The molecule has 6 nitrogen and oxygen atoms in total. The summed E-state index contributed by atoms with van der Waals surface area (Å²) in [5.41, 5.74) is 0.697. The van der Waals surface area contributed by atoms with Crippen LogP contribution in [0.3, 0.4) is 0 Å². The van der Waals surface area contributed by atoms with Crippen molar-refractivity contribution >= 4 is 12.0 Å². The lowest BCUT2D eigenvalue weighted by Crippen LogP contribution is -2.43. The second kappa shape index (κ2) is 7.64. The van der Waals surface area contributed by atoms with Gasteiger partial charge in [-0.2, -0.15) is 0 Å². The van der Waals surface area contributed by atoms with Gasteiger partial charge in [0, 0.05) is 26.2 Å². The third-order valence-electron chi connectivity index (χ3n) is 3.58. The summed E-state index contributed by atoms with van der Waals surface area (Å²) in [6.45, 7) is 3.12. The molecule has 3 N–H and O–H groups in total. The fourth-order valence-electron chi connectivity index (χ4n) is 2.38. The van der Waals surface area contributed by atoms with E-state index in [1.165, 1.54) is 0 Å².